The topological polar surface area (TPSA) is 36.4 Å². The Kier molecular flexibility index (Phi) is 5.12. The molecule has 1 aromatic heterocycles. The van der Waals surface area contributed by atoms with Crippen molar-refractivity contribution in [3.63, 3.8) is 0 Å². The van der Waals surface area contributed by atoms with Crippen molar-refractivity contribution in [1.29, 1.82) is 0 Å². The number of aliphatic hydroxyl groups is 1. The van der Waals surface area contributed by atoms with Gasteiger partial charge in [0.25, 0.3) is 0 Å². The van der Waals surface area contributed by atoms with Gasteiger partial charge in [0.05, 0.1) is 6.61 Å². The Morgan fingerprint density at radius 2 is 2.20 bits per heavy atom. The Balaban J connectivity index is 2.72. The van der Waals surface area contributed by atoms with Crippen LogP contribution in [-0.4, -0.2) is 23.2 Å². The Hall–Kier alpha value is -1.09. The van der Waals surface area contributed by atoms with Gasteiger partial charge in [-0.15, -0.1) is 0 Å². The first-order valence-electron chi connectivity index (χ1n) is 5.62. The van der Waals surface area contributed by atoms with Crippen LogP contribution < -0.4 is 4.90 Å². The van der Waals surface area contributed by atoms with Crippen LogP contribution in [0.15, 0.2) is 18.3 Å². The van der Waals surface area contributed by atoms with Gasteiger partial charge in [0.15, 0.2) is 0 Å². The van der Waals surface area contributed by atoms with Gasteiger partial charge in [-0.05, 0) is 31.0 Å². The first kappa shape index (κ1) is 12.0. The molecule has 0 spiro atoms. The van der Waals surface area contributed by atoms with Crippen LogP contribution in [0.25, 0.3) is 0 Å². The fourth-order valence-electron chi connectivity index (χ4n) is 1.52. The van der Waals surface area contributed by atoms with Crippen molar-refractivity contribution >= 4 is 5.82 Å². The van der Waals surface area contributed by atoms with Crippen LogP contribution in [0.5, 0.6) is 0 Å². The molecule has 0 aliphatic rings. The smallest absolute Gasteiger partial charge is 0.128 e. The van der Waals surface area contributed by atoms with E-state index in [1.807, 2.05) is 12.1 Å². The van der Waals surface area contributed by atoms with E-state index in [1.165, 1.54) is 12.8 Å². The molecule has 0 fully saturated rings. The first-order valence-corrected chi connectivity index (χ1v) is 5.62. The van der Waals surface area contributed by atoms with E-state index in [1.54, 1.807) is 6.20 Å². The molecule has 0 saturated heterocycles. The monoisotopic (exact) mass is 208 g/mol. The second-order valence-electron chi connectivity index (χ2n) is 3.61. The number of aliphatic hydroxyl groups excluding tert-OH is 1. The van der Waals surface area contributed by atoms with E-state index < -0.39 is 0 Å². The maximum Gasteiger partial charge on any atom is 0.128 e. The van der Waals surface area contributed by atoms with Crippen LogP contribution in [0.3, 0.4) is 0 Å². The number of unbranched alkanes of at least 4 members (excludes halogenated alkanes) is 1. The van der Waals surface area contributed by atoms with Crippen LogP contribution in [0, 0.1) is 0 Å². The van der Waals surface area contributed by atoms with Gasteiger partial charge in [-0.1, -0.05) is 13.3 Å². The molecule has 0 aliphatic heterocycles. The lowest BCUT2D eigenvalue weighted by molar-refractivity contribution is 0.281. The average molecular weight is 208 g/mol. The minimum atomic E-state index is 0.0842. The molecule has 0 amide bonds. The Morgan fingerprint density at radius 1 is 1.40 bits per heavy atom. The van der Waals surface area contributed by atoms with E-state index in [4.69, 9.17) is 5.11 Å². The van der Waals surface area contributed by atoms with E-state index in [9.17, 15) is 0 Å². The molecule has 15 heavy (non-hydrogen) atoms. The number of aromatic nitrogens is 1. The van der Waals surface area contributed by atoms with E-state index in [-0.39, 0.29) is 6.61 Å². The molecule has 1 heterocycles. The lowest BCUT2D eigenvalue weighted by atomic mass is 10.2. The highest BCUT2D eigenvalue weighted by Gasteiger charge is 2.05. The number of rotatable bonds is 6. The summed E-state index contributed by atoms with van der Waals surface area (Å²) in [5, 5.41) is 9.05. The van der Waals surface area contributed by atoms with Gasteiger partial charge in [-0.25, -0.2) is 4.98 Å². The molecule has 0 unspecified atom stereocenters. The minimum Gasteiger partial charge on any atom is -0.392 e. The third-order valence-corrected chi connectivity index (χ3v) is 2.48. The largest absolute Gasteiger partial charge is 0.392 e. The average Bonchev–Trinajstić information content (AvgIpc) is 2.30. The van der Waals surface area contributed by atoms with Gasteiger partial charge < -0.3 is 10.0 Å². The van der Waals surface area contributed by atoms with Gasteiger partial charge in [-0.2, -0.15) is 0 Å². The van der Waals surface area contributed by atoms with Gasteiger partial charge in [-0.3, -0.25) is 0 Å². The standard InChI is InChI=1S/C12H20N2O/c1-3-5-8-14(4-2)12-9-11(10-15)6-7-13-12/h6-7,9,15H,3-5,8,10H2,1-2H3. The molecule has 0 aliphatic carbocycles. The molecular weight excluding hydrogens is 188 g/mol. The SMILES string of the molecule is CCCCN(CC)c1cc(CO)ccn1. The highest BCUT2D eigenvalue weighted by atomic mass is 16.3. The number of pyridine rings is 1. The zero-order valence-electron chi connectivity index (χ0n) is 9.61. The van der Waals surface area contributed by atoms with Crippen molar-refractivity contribution in [2.45, 2.75) is 33.3 Å². The van der Waals surface area contributed by atoms with Crippen LogP contribution in [0.1, 0.15) is 32.3 Å². The first-order chi connectivity index (χ1) is 7.31. The zero-order valence-corrected chi connectivity index (χ0v) is 9.61. The number of hydrogen-bond donors (Lipinski definition) is 1. The number of anilines is 1. The van der Waals surface area contributed by atoms with Crippen LogP contribution >= 0.6 is 0 Å². The molecule has 3 nitrogen and oxygen atoms in total. The van der Waals surface area contributed by atoms with E-state index in [0.717, 1.165) is 24.5 Å². The minimum absolute atomic E-state index is 0.0842. The second-order valence-corrected chi connectivity index (χ2v) is 3.61. The quantitative estimate of drug-likeness (QED) is 0.778. The predicted octanol–water partition coefficient (Wildman–Crippen LogP) is 2.20. The Morgan fingerprint density at radius 3 is 2.80 bits per heavy atom. The lowest BCUT2D eigenvalue weighted by Gasteiger charge is -2.21. The maximum absolute atomic E-state index is 9.05. The molecule has 0 radical (unpaired) electrons. The van der Waals surface area contributed by atoms with Gasteiger partial charge in [0, 0.05) is 19.3 Å². The van der Waals surface area contributed by atoms with E-state index in [2.05, 4.69) is 23.7 Å². The van der Waals surface area contributed by atoms with E-state index in [0.29, 0.717) is 0 Å². The number of hydrogen-bond acceptors (Lipinski definition) is 3. The summed E-state index contributed by atoms with van der Waals surface area (Å²) in [6.45, 7) is 6.39. The van der Waals surface area contributed by atoms with E-state index >= 15 is 0 Å². The predicted molar refractivity (Wildman–Crippen MR) is 63.0 cm³/mol. The maximum atomic E-state index is 9.05. The Labute approximate surface area is 91.8 Å². The fraction of sp³-hybridized carbons (Fsp3) is 0.583. The summed E-state index contributed by atoms with van der Waals surface area (Å²) < 4.78 is 0. The molecule has 0 bridgehead atoms. The molecule has 0 saturated carbocycles. The molecule has 1 aromatic rings. The molecule has 1 rings (SSSR count). The lowest BCUT2D eigenvalue weighted by Crippen LogP contribution is -2.24. The summed E-state index contributed by atoms with van der Waals surface area (Å²) in [5.41, 5.74) is 0.926. The van der Waals surface area contributed by atoms with Crippen molar-refractivity contribution in [2.75, 3.05) is 18.0 Å². The van der Waals surface area contributed by atoms with Gasteiger partial charge >= 0.3 is 0 Å². The second kappa shape index (κ2) is 6.40. The zero-order chi connectivity index (χ0) is 11.1. The summed E-state index contributed by atoms with van der Waals surface area (Å²) in [6.07, 6.45) is 4.13. The van der Waals surface area contributed by atoms with Crippen LogP contribution in [0.4, 0.5) is 5.82 Å². The van der Waals surface area contributed by atoms with Crippen molar-refractivity contribution in [2.24, 2.45) is 0 Å². The normalized spacial score (nSPS) is 10.3. The molecule has 0 atom stereocenters. The molecule has 0 aromatic carbocycles. The molecule has 84 valence electrons. The van der Waals surface area contributed by atoms with Gasteiger partial charge in [0.1, 0.15) is 5.82 Å². The molecule has 1 N–H and O–H groups in total. The summed E-state index contributed by atoms with van der Waals surface area (Å²) >= 11 is 0. The fourth-order valence-corrected chi connectivity index (χ4v) is 1.52. The van der Waals surface area contributed by atoms with Crippen LogP contribution in [-0.2, 0) is 6.61 Å². The summed E-state index contributed by atoms with van der Waals surface area (Å²) in [4.78, 5) is 6.56. The summed E-state index contributed by atoms with van der Waals surface area (Å²) in [7, 11) is 0. The molecular formula is C12H20N2O. The third-order valence-electron chi connectivity index (χ3n) is 2.48. The highest BCUT2D eigenvalue weighted by molar-refractivity contribution is 5.40. The Bertz CT molecular complexity index is 289. The number of nitrogens with zero attached hydrogens (tertiary/aromatic N) is 2. The third kappa shape index (κ3) is 3.51. The highest BCUT2D eigenvalue weighted by Crippen LogP contribution is 2.13. The van der Waals surface area contributed by atoms with Crippen molar-refractivity contribution in [3.8, 4) is 0 Å². The van der Waals surface area contributed by atoms with Crippen molar-refractivity contribution in [3.05, 3.63) is 23.9 Å². The van der Waals surface area contributed by atoms with Gasteiger partial charge in [0.2, 0.25) is 0 Å². The summed E-state index contributed by atoms with van der Waals surface area (Å²) in [5.74, 6) is 0.970. The summed E-state index contributed by atoms with van der Waals surface area (Å²) in [6, 6.07) is 3.80. The van der Waals surface area contributed by atoms with Crippen molar-refractivity contribution < 1.29 is 5.11 Å². The van der Waals surface area contributed by atoms with Crippen LogP contribution in [0.2, 0.25) is 0 Å². The van der Waals surface area contributed by atoms with Crippen molar-refractivity contribution in [1.82, 2.24) is 4.98 Å². The molecule has 3 heteroatoms.